The molecule has 2 heteroatoms. The van der Waals surface area contributed by atoms with Crippen LogP contribution in [0, 0.1) is 17.3 Å². The van der Waals surface area contributed by atoms with E-state index in [0.717, 1.165) is 25.2 Å². The van der Waals surface area contributed by atoms with Crippen LogP contribution in [0.2, 0.25) is 0 Å². The van der Waals surface area contributed by atoms with E-state index in [1.54, 1.807) is 5.57 Å². The molecule has 0 radical (unpaired) electrons. The number of hydrogen-bond donors (Lipinski definition) is 1. The molecule has 1 spiro atoms. The molecular formula is C16H27NO. The molecule has 0 aromatic carbocycles. The van der Waals surface area contributed by atoms with Crippen LogP contribution in [0.4, 0.5) is 0 Å². The SMILES string of the molecule is CC(C)C1=C[C@@]2(CC[C@](C)(NC=O)C2)[C@H](C)CC1. The van der Waals surface area contributed by atoms with Crippen LogP contribution in [-0.4, -0.2) is 11.9 Å². The monoisotopic (exact) mass is 249 g/mol. The van der Waals surface area contributed by atoms with Crippen molar-refractivity contribution in [3.63, 3.8) is 0 Å². The van der Waals surface area contributed by atoms with E-state index in [1.807, 2.05) is 0 Å². The van der Waals surface area contributed by atoms with E-state index in [0.29, 0.717) is 11.3 Å². The lowest BCUT2D eigenvalue weighted by Crippen LogP contribution is -2.41. The molecule has 0 aromatic heterocycles. The Bertz CT molecular complexity index is 360. The van der Waals surface area contributed by atoms with E-state index in [-0.39, 0.29) is 5.54 Å². The predicted molar refractivity (Wildman–Crippen MR) is 75.2 cm³/mol. The van der Waals surface area contributed by atoms with E-state index in [9.17, 15) is 4.79 Å². The molecule has 18 heavy (non-hydrogen) atoms. The first-order valence-electron chi connectivity index (χ1n) is 7.34. The van der Waals surface area contributed by atoms with Crippen LogP contribution < -0.4 is 5.32 Å². The summed E-state index contributed by atoms with van der Waals surface area (Å²) in [4.78, 5) is 10.8. The lowest BCUT2D eigenvalue weighted by Gasteiger charge is -2.40. The molecule has 1 saturated carbocycles. The highest BCUT2D eigenvalue weighted by Gasteiger charge is 2.48. The second-order valence-electron chi connectivity index (χ2n) is 7.05. The van der Waals surface area contributed by atoms with E-state index in [1.165, 1.54) is 19.3 Å². The lowest BCUT2D eigenvalue weighted by atomic mass is 9.66. The van der Waals surface area contributed by atoms with Crippen LogP contribution in [0.3, 0.4) is 0 Å². The van der Waals surface area contributed by atoms with Gasteiger partial charge in [-0.05, 0) is 56.3 Å². The maximum atomic E-state index is 10.8. The molecule has 0 bridgehead atoms. The Morgan fingerprint density at radius 2 is 2.17 bits per heavy atom. The number of allylic oxidation sites excluding steroid dienone is 2. The summed E-state index contributed by atoms with van der Waals surface area (Å²) in [5.74, 6) is 1.41. The summed E-state index contributed by atoms with van der Waals surface area (Å²) in [7, 11) is 0. The highest BCUT2D eigenvalue weighted by atomic mass is 16.1. The Balaban J connectivity index is 2.25. The van der Waals surface area contributed by atoms with Gasteiger partial charge in [0.15, 0.2) is 0 Å². The van der Waals surface area contributed by atoms with Gasteiger partial charge in [-0.1, -0.05) is 32.4 Å². The van der Waals surface area contributed by atoms with Crippen molar-refractivity contribution in [3.05, 3.63) is 11.6 Å². The Morgan fingerprint density at radius 1 is 1.44 bits per heavy atom. The average Bonchev–Trinajstić information content (AvgIpc) is 2.62. The quantitative estimate of drug-likeness (QED) is 0.600. The molecule has 0 saturated heterocycles. The molecule has 2 nitrogen and oxygen atoms in total. The van der Waals surface area contributed by atoms with Crippen molar-refractivity contribution < 1.29 is 4.79 Å². The Kier molecular flexibility index (Phi) is 3.57. The lowest BCUT2D eigenvalue weighted by molar-refractivity contribution is -0.111. The van der Waals surface area contributed by atoms with Gasteiger partial charge in [0.1, 0.15) is 0 Å². The number of nitrogens with one attached hydrogen (secondary N) is 1. The maximum Gasteiger partial charge on any atom is 0.207 e. The van der Waals surface area contributed by atoms with Crippen molar-refractivity contribution in [2.75, 3.05) is 0 Å². The van der Waals surface area contributed by atoms with Crippen LogP contribution in [0.25, 0.3) is 0 Å². The van der Waals surface area contributed by atoms with Crippen LogP contribution >= 0.6 is 0 Å². The fraction of sp³-hybridized carbons (Fsp3) is 0.812. The average molecular weight is 249 g/mol. The number of rotatable bonds is 3. The van der Waals surface area contributed by atoms with Crippen molar-refractivity contribution in [2.24, 2.45) is 17.3 Å². The smallest absolute Gasteiger partial charge is 0.207 e. The first kappa shape index (κ1) is 13.6. The summed E-state index contributed by atoms with van der Waals surface area (Å²) in [5, 5.41) is 3.05. The Hall–Kier alpha value is -0.790. The van der Waals surface area contributed by atoms with E-state index in [4.69, 9.17) is 0 Å². The zero-order valence-electron chi connectivity index (χ0n) is 12.3. The summed E-state index contributed by atoms with van der Waals surface area (Å²) < 4.78 is 0. The maximum absolute atomic E-state index is 10.8. The molecule has 1 N–H and O–H groups in total. The second kappa shape index (κ2) is 4.71. The highest BCUT2D eigenvalue weighted by molar-refractivity contribution is 5.48. The van der Waals surface area contributed by atoms with E-state index in [2.05, 4.69) is 39.1 Å². The van der Waals surface area contributed by atoms with Gasteiger partial charge in [0.05, 0.1) is 0 Å². The summed E-state index contributed by atoms with van der Waals surface area (Å²) >= 11 is 0. The van der Waals surface area contributed by atoms with Crippen molar-refractivity contribution in [2.45, 2.75) is 65.3 Å². The summed E-state index contributed by atoms with van der Waals surface area (Å²) in [6.45, 7) is 9.18. The first-order valence-corrected chi connectivity index (χ1v) is 7.34. The third-order valence-corrected chi connectivity index (χ3v) is 5.33. The molecule has 0 aliphatic heterocycles. The molecule has 1 amide bonds. The molecule has 0 aromatic rings. The number of amides is 1. The summed E-state index contributed by atoms with van der Waals surface area (Å²) in [5.41, 5.74) is 1.97. The van der Waals surface area contributed by atoms with Gasteiger partial charge in [-0.15, -0.1) is 0 Å². The van der Waals surface area contributed by atoms with E-state index < -0.39 is 0 Å². The summed E-state index contributed by atoms with van der Waals surface area (Å²) in [6, 6.07) is 0. The third-order valence-electron chi connectivity index (χ3n) is 5.33. The normalized spacial score (nSPS) is 40.1. The number of carbonyl (C=O) groups is 1. The highest BCUT2D eigenvalue weighted by Crippen LogP contribution is 2.54. The number of hydrogen-bond acceptors (Lipinski definition) is 1. The standard InChI is InChI=1S/C16H27NO/c1-12(2)14-6-5-13(3)16(9-14)8-7-15(4,10-16)17-11-18/h9,11-13H,5-8,10H2,1-4H3,(H,17,18)/t13-,15+,16-/m1/s1. The van der Waals surface area contributed by atoms with Crippen molar-refractivity contribution >= 4 is 6.41 Å². The second-order valence-corrected chi connectivity index (χ2v) is 7.05. The van der Waals surface area contributed by atoms with Gasteiger partial charge >= 0.3 is 0 Å². The van der Waals surface area contributed by atoms with Gasteiger partial charge in [0.25, 0.3) is 0 Å². The van der Waals surface area contributed by atoms with Gasteiger partial charge in [0, 0.05) is 5.54 Å². The molecule has 2 rings (SSSR count). The van der Waals surface area contributed by atoms with Crippen molar-refractivity contribution in [1.29, 1.82) is 0 Å². The van der Waals surface area contributed by atoms with Crippen LogP contribution in [0.15, 0.2) is 11.6 Å². The zero-order chi connectivity index (χ0) is 13.4. The molecule has 3 atom stereocenters. The summed E-state index contributed by atoms with van der Waals surface area (Å²) in [6.07, 6.45) is 9.46. The Morgan fingerprint density at radius 3 is 2.78 bits per heavy atom. The minimum Gasteiger partial charge on any atom is -0.353 e. The molecule has 0 heterocycles. The molecule has 2 aliphatic carbocycles. The fourth-order valence-corrected chi connectivity index (χ4v) is 3.93. The van der Waals surface area contributed by atoms with E-state index >= 15 is 0 Å². The first-order chi connectivity index (χ1) is 8.41. The van der Waals surface area contributed by atoms with Gasteiger partial charge in [-0.3, -0.25) is 4.79 Å². The minimum atomic E-state index is 0.00589. The van der Waals surface area contributed by atoms with Gasteiger partial charge in [0.2, 0.25) is 6.41 Å². The minimum absolute atomic E-state index is 0.00589. The number of carbonyl (C=O) groups excluding carboxylic acids is 1. The van der Waals surface area contributed by atoms with Crippen LogP contribution in [0.5, 0.6) is 0 Å². The molecule has 1 fully saturated rings. The van der Waals surface area contributed by atoms with Gasteiger partial charge < -0.3 is 5.32 Å². The largest absolute Gasteiger partial charge is 0.353 e. The molecule has 0 unspecified atom stereocenters. The van der Waals surface area contributed by atoms with Crippen molar-refractivity contribution in [3.8, 4) is 0 Å². The van der Waals surface area contributed by atoms with Crippen molar-refractivity contribution in [1.82, 2.24) is 5.32 Å². The van der Waals surface area contributed by atoms with Crippen LogP contribution in [-0.2, 0) is 4.79 Å². The zero-order valence-corrected chi connectivity index (χ0v) is 12.3. The van der Waals surface area contributed by atoms with Gasteiger partial charge in [-0.25, -0.2) is 0 Å². The molecule has 102 valence electrons. The molecular weight excluding hydrogens is 222 g/mol. The topological polar surface area (TPSA) is 29.1 Å². The molecule has 2 aliphatic rings. The van der Waals surface area contributed by atoms with Gasteiger partial charge in [-0.2, -0.15) is 0 Å². The third kappa shape index (κ3) is 2.34. The Labute approximate surface area is 111 Å². The fourth-order valence-electron chi connectivity index (χ4n) is 3.93. The predicted octanol–water partition coefficient (Wildman–Crippen LogP) is 3.67. The van der Waals surface area contributed by atoms with Crippen LogP contribution in [0.1, 0.15) is 59.8 Å².